The number of ether oxygens (including phenoxy) is 2. The van der Waals surface area contributed by atoms with Gasteiger partial charge in [-0.1, -0.05) is 19.9 Å². The van der Waals surface area contributed by atoms with E-state index in [1.54, 1.807) is 0 Å². The van der Waals surface area contributed by atoms with Crippen molar-refractivity contribution in [3.8, 4) is 11.3 Å². The van der Waals surface area contributed by atoms with Crippen LogP contribution in [-0.2, 0) is 16.0 Å². The smallest absolute Gasteiger partial charge is 0.223 e. The van der Waals surface area contributed by atoms with E-state index in [1.807, 2.05) is 25.3 Å². The molecule has 8 nitrogen and oxygen atoms in total. The van der Waals surface area contributed by atoms with E-state index in [-0.39, 0.29) is 30.2 Å². The third-order valence-electron chi connectivity index (χ3n) is 7.84. The number of aliphatic hydroxyl groups is 1. The van der Waals surface area contributed by atoms with E-state index in [1.165, 1.54) is 17.3 Å². The molecule has 3 aromatic rings. The Balaban J connectivity index is 1.56. The number of fused-ring (bicyclic) bond motifs is 1. The van der Waals surface area contributed by atoms with Crippen molar-refractivity contribution in [1.82, 2.24) is 19.9 Å². The number of nitrogens with one attached hydrogen (secondary N) is 1. The number of benzene rings is 1. The first-order valence-electron chi connectivity index (χ1n) is 13.5. The average molecular weight is 524 g/mol. The number of hydrogen-bond acceptors (Lipinski definition) is 8. The molecule has 9 heteroatoms. The molecule has 0 bridgehead atoms. The molecule has 4 heterocycles. The van der Waals surface area contributed by atoms with Gasteiger partial charge < -0.3 is 19.9 Å². The summed E-state index contributed by atoms with van der Waals surface area (Å²) in [6.45, 7) is 13.8. The van der Waals surface area contributed by atoms with Gasteiger partial charge in [-0.2, -0.15) is 0 Å². The van der Waals surface area contributed by atoms with Crippen molar-refractivity contribution in [1.29, 1.82) is 0 Å². The van der Waals surface area contributed by atoms with E-state index < -0.39 is 11.9 Å². The topological polar surface area (TPSA) is 92.6 Å². The number of hydrogen-bond donors (Lipinski definition) is 2. The molecule has 0 unspecified atom stereocenters. The Bertz CT molecular complexity index is 1290. The molecular weight excluding hydrogens is 485 g/mol. The van der Waals surface area contributed by atoms with Gasteiger partial charge in [0.15, 0.2) is 5.82 Å². The summed E-state index contributed by atoms with van der Waals surface area (Å²) in [5.41, 5.74) is 5.20. The summed E-state index contributed by atoms with van der Waals surface area (Å²) < 4.78 is 26.2. The number of aryl methyl sites for hydroxylation is 1. The molecule has 2 aliphatic heterocycles. The lowest BCUT2D eigenvalue weighted by atomic mass is 9.89. The molecule has 0 spiro atoms. The molecule has 2 fully saturated rings. The van der Waals surface area contributed by atoms with Gasteiger partial charge in [-0.15, -0.1) is 0 Å². The summed E-state index contributed by atoms with van der Waals surface area (Å²) in [6.07, 6.45) is 3.15. The molecule has 2 aromatic heterocycles. The van der Waals surface area contributed by atoms with Crippen molar-refractivity contribution >= 4 is 16.9 Å². The molecular formula is C29H38FN5O3. The van der Waals surface area contributed by atoms with Crippen LogP contribution in [0.1, 0.15) is 56.7 Å². The van der Waals surface area contributed by atoms with Crippen LogP contribution in [0.2, 0.25) is 0 Å². The van der Waals surface area contributed by atoms with Gasteiger partial charge in [-0.3, -0.25) is 9.88 Å². The largest absolute Gasteiger partial charge is 0.389 e. The summed E-state index contributed by atoms with van der Waals surface area (Å²) in [5.74, 6) is 0.0494. The van der Waals surface area contributed by atoms with Crippen LogP contribution in [0.4, 0.5) is 10.3 Å². The van der Waals surface area contributed by atoms with Crippen molar-refractivity contribution < 1.29 is 19.0 Å². The second-order valence-electron chi connectivity index (χ2n) is 11.0. The Labute approximate surface area is 223 Å². The molecule has 0 amide bonds. The zero-order chi connectivity index (χ0) is 27.0. The third kappa shape index (κ3) is 5.25. The van der Waals surface area contributed by atoms with Gasteiger partial charge >= 0.3 is 0 Å². The second kappa shape index (κ2) is 11.2. The van der Waals surface area contributed by atoms with Gasteiger partial charge in [-0.25, -0.2) is 14.4 Å². The number of pyridine rings is 1. The fourth-order valence-electron chi connectivity index (χ4n) is 5.79. The molecule has 204 valence electrons. The quantitative estimate of drug-likeness (QED) is 0.490. The van der Waals surface area contributed by atoms with Crippen molar-refractivity contribution in [2.75, 3.05) is 31.7 Å². The Morgan fingerprint density at radius 3 is 2.58 bits per heavy atom. The molecule has 0 saturated carbocycles. The van der Waals surface area contributed by atoms with Crippen LogP contribution in [0, 0.1) is 12.7 Å². The number of aromatic nitrogens is 3. The fraction of sp³-hybridized carbons (Fsp3) is 0.552. The molecule has 0 aliphatic carbocycles. The van der Waals surface area contributed by atoms with Crippen LogP contribution in [0.15, 0.2) is 24.5 Å². The van der Waals surface area contributed by atoms with Gasteiger partial charge in [0.25, 0.3) is 0 Å². The first kappa shape index (κ1) is 26.9. The van der Waals surface area contributed by atoms with Crippen LogP contribution in [0.5, 0.6) is 0 Å². The van der Waals surface area contributed by atoms with Crippen LogP contribution in [0.3, 0.4) is 0 Å². The molecule has 4 atom stereocenters. The number of morpholine rings is 1. The highest BCUT2D eigenvalue weighted by Gasteiger charge is 2.28. The normalized spacial score (nSPS) is 24.7. The zero-order valence-corrected chi connectivity index (χ0v) is 22.9. The van der Waals surface area contributed by atoms with Gasteiger partial charge in [0, 0.05) is 42.4 Å². The maximum absolute atomic E-state index is 15.2. The fourth-order valence-corrected chi connectivity index (χ4v) is 5.79. The SMILES string of the molecule is Cc1c(-c2nc(N[C@@H]3CCOC[C@H]3O)ncc2F)ccc2ncc(CN3[C@H](C)COC[C@@H]3C)c(C(C)C)c12. The van der Waals surface area contributed by atoms with Gasteiger partial charge in [0.2, 0.25) is 5.95 Å². The number of halogens is 1. The van der Waals surface area contributed by atoms with Crippen LogP contribution < -0.4 is 5.32 Å². The van der Waals surface area contributed by atoms with E-state index in [0.29, 0.717) is 30.7 Å². The predicted octanol–water partition coefficient (Wildman–Crippen LogP) is 4.43. The second-order valence-corrected chi connectivity index (χ2v) is 11.0. The zero-order valence-electron chi connectivity index (χ0n) is 22.9. The summed E-state index contributed by atoms with van der Waals surface area (Å²) >= 11 is 0. The number of nitrogens with zero attached hydrogens (tertiary/aromatic N) is 4. The predicted molar refractivity (Wildman–Crippen MR) is 146 cm³/mol. The Kier molecular flexibility index (Phi) is 7.90. The number of aliphatic hydroxyl groups excluding tert-OH is 1. The first-order chi connectivity index (χ1) is 18.2. The van der Waals surface area contributed by atoms with Gasteiger partial charge in [0.1, 0.15) is 5.69 Å². The van der Waals surface area contributed by atoms with Crippen LogP contribution >= 0.6 is 0 Å². The first-order valence-corrected chi connectivity index (χ1v) is 13.5. The summed E-state index contributed by atoms with van der Waals surface area (Å²) in [5, 5.41) is 14.5. The highest BCUT2D eigenvalue weighted by atomic mass is 19.1. The lowest BCUT2D eigenvalue weighted by Gasteiger charge is -2.39. The minimum atomic E-state index is -0.668. The maximum Gasteiger partial charge on any atom is 0.223 e. The van der Waals surface area contributed by atoms with E-state index in [2.05, 4.69) is 47.9 Å². The van der Waals surface area contributed by atoms with E-state index >= 15 is 4.39 Å². The van der Waals surface area contributed by atoms with Crippen molar-refractivity contribution in [2.45, 2.75) is 77.7 Å². The minimum Gasteiger partial charge on any atom is -0.389 e. The molecule has 38 heavy (non-hydrogen) atoms. The lowest BCUT2D eigenvalue weighted by Crippen LogP contribution is -2.49. The molecule has 5 rings (SSSR count). The average Bonchev–Trinajstić information content (AvgIpc) is 2.89. The maximum atomic E-state index is 15.2. The van der Waals surface area contributed by atoms with Crippen LogP contribution in [0.25, 0.3) is 22.2 Å². The molecule has 2 aliphatic rings. The van der Waals surface area contributed by atoms with E-state index in [4.69, 9.17) is 14.5 Å². The molecule has 1 aromatic carbocycles. The summed E-state index contributed by atoms with van der Waals surface area (Å²) in [6, 6.07) is 4.22. The van der Waals surface area contributed by atoms with Crippen LogP contribution in [-0.4, -0.2) is 75.6 Å². The van der Waals surface area contributed by atoms with Crippen molar-refractivity contribution in [3.05, 3.63) is 47.0 Å². The molecule has 2 N–H and O–H groups in total. The van der Waals surface area contributed by atoms with Crippen molar-refractivity contribution in [3.63, 3.8) is 0 Å². The highest BCUT2D eigenvalue weighted by Crippen LogP contribution is 2.36. The Hall–Kier alpha value is -2.72. The molecule has 0 radical (unpaired) electrons. The minimum absolute atomic E-state index is 0.235. The highest BCUT2D eigenvalue weighted by molar-refractivity contribution is 5.92. The third-order valence-corrected chi connectivity index (χ3v) is 7.84. The summed E-state index contributed by atoms with van der Waals surface area (Å²) in [4.78, 5) is 16.0. The Morgan fingerprint density at radius 2 is 1.87 bits per heavy atom. The standard InChI is InChI=1S/C29H38FN5O3/c1-16(2)26-20(12-35-17(3)13-38-14-18(35)4)10-31-24-7-6-21(19(5)27(24)26)28-22(30)11-32-29(34-28)33-23-8-9-37-15-25(23)36/h6-7,10-11,16-18,23,25,36H,8-9,12-15H2,1-5H3,(H,32,33,34)/t17-,18+,23-,25-/m1/s1. The van der Waals surface area contributed by atoms with Gasteiger partial charge in [-0.05, 0) is 55.9 Å². The van der Waals surface area contributed by atoms with E-state index in [0.717, 1.165) is 36.2 Å². The monoisotopic (exact) mass is 523 g/mol. The molecule has 2 saturated heterocycles. The summed E-state index contributed by atoms with van der Waals surface area (Å²) in [7, 11) is 0. The lowest BCUT2D eigenvalue weighted by molar-refractivity contribution is -0.0411. The van der Waals surface area contributed by atoms with Gasteiger partial charge in [0.05, 0.1) is 43.7 Å². The van der Waals surface area contributed by atoms with E-state index in [9.17, 15) is 5.11 Å². The Morgan fingerprint density at radius 1 is 1.11 bits per heavy atom. The number of anilines is 1. The number of rotatable bonds is 6. The van der Waals surface area contributed by atoms with Crippen molar-refractivity contribution in [2.24, 2.45) is 0 Å².